The minimum absolute atomic E-state index is 0.0268. The van der Waals surface area contributed by atoms with Gasteiger partial charge < -0.3 is 15.7 Å². The maximum atomic E-state index is 11.8. The van der Waals surface area contributed by atoms with Gasteiger partial charge in [-0.2, -0.15) is 0 Å². The molecule has 0 radical (unpaired) electrons. The number of aliphatic hydroxyl groups excluding tert-OH is 1. The summed E-state index contributed by atoms with van der Waals surface area (Å²) < 4.78 is 22.7. The van der Waals surface area contributed by atoms with Gasteiger partial charge in [-0.15, -0.1) is 0 Å². The van der Waals surface area contributed by atoms with Crippen LogP contribution in [0, 0.1) is 0 Å². The number of amides is 1. The van der Waals surface area contributed by atoms with Crippen molar-refractivity contribution >= 4 is 21.4 Å². The van der Waals surface area contributed by atoms with E-state index in [-0.39, 0.29) is 18.2 Å². The van der Waals surface area contributed by atoms with Crippen molar-refractivity contribution in [2.24, 2.45) is 0 Å². The van der Waals surface area contributed by atoms with E-state index in [0.717, 1.165) is 12.2 Å². The zero-order valence-corrected chi connectivity index (χ0v) is 12.4. The van der Waals surface area contributed by atoms with E-state index >= 15 is 0 Å². The second kappa shape index (κ2) is 7.25. The van der Waals surface area contributed by atoms with Gasteiger partial charge >= 0.3 is 0 Å². The number of anilines is 1. The third kappa shape index (κ3) is 4.82. The molecule has 0 aliphatic carbocycles. The summed E-state index contributed by atoms with van der Waals surface area (Å²) in [5, 5.41) is 14.7. The molecule has 3 N–H and O–H groups in total. The summed E-state index contributed by atoms with van der Waals surface area (Å²) in [6, 6.07) is 6.89. The van der Waals surface area contributed by atoms with E-state index in [1.54, 1.807) is 24.3 Å². The zero-order chi connectivity index (χ0) is 15.2. The number of nitrogens with one attached hydrogen (secondary N) is 2. The van der Waals surface area contributed by atoms with Gasteiger partial charge in [-0.1, -0.05) is 0 Å². The smallest absolute Gasteiger partial charge is 0.251 e. The molecular formula is C13H20N2O4S. The van der Waals surface area contributed by atoms with Gasteiger partial charge in [0.1, 0.15) is 0 Å². The first-order valence-corrected chi connectivity index (χ1v) is 8.10. The van der Waals surface area contributed by atoms with Crippen LogP contribution in [0.4, 0.5) is 5.69 Å². The Labute approximate surface area is 119 Å². The Morgan fingerprint density at radius 1 is 1.30 bits per heavy atom. The van der Waals surface area contributed by atoms with Gasteiger partial charge in [-0.05, 0) is 38.1 Å². The minimum atomic E-state index is -3.56. The second-order valence-corrected chi connectivity index (χ2v) is 6.75. The molecule has 0 saturated carbocycles. The molecule has 1 atom stereocenters. The number of sulfone groups is 1. The van der Waals surface area contributed by atoms with Gasteiger partial charge in [0.25, 0.3) is 5.91 Å². The molecular weight excluding hydrogens is 280 g/mol. The molecule has 0 heterocycles. The predicted octanol–water partition coefficient (Wildman–Crippen LogP) is 0.601. The van der Waals surface area contributed by atoms with Gasteiger partial charge in [0.05, 0.1) is 5.75 Å². The van der Waals surface area contributed by atoms with Crippen molar-refractivity contribution in [1.82, 2.24) is 5.32 Å². The number of aliphatic hydroxyl groups is 1. The molecule has 20 heavy (non-hydrogen) atoms. The Morgan fingerprint density at radius 2 is 1.90 bits per heavy atom. The Morgan fingerprint density at radius 3 is 2.40 bits per heavy atom. The highest BCUT2D eigenvalue weighted by molar-refractivity contribution is 7.91. The quantitative estimate of drug-likeness (QED) is 0.685. The Kier molecular flexibility index (Phi) is 5.97. The highest BCUT2D eigenvalue weighted by Gasteiger charge is 2.17. The summed E-state index contributed by atoms with van der Waals surface area (Å²) in [4.78, 5) is 11.8. The van der Waals surface area contributed by atoms with Gasteiger partial charge in [0.15, 0.2) is 15.3 Å². The van der Waals surface area contributed by atoms with Crippen LogP contribution >= 0.6 is 0 Å². The van der Waals surface area contributed by atoms with Crippen LogP contribution in [0.3, 0.4) is 0 Å². The Balaban J connectivity index is 2.51. The van der Waals surface area contributed by atoms with Crippen molar-refractivity contribution in [1.29, 1.82) is 0 Å². The van der Waals surface area contributed by atoms with E-state index in [2.05, 4.69) is 10.6 Å². The zero-order valence-electron chi connectivity index (χ0n) is 11.6. The van der Waals surface area contributed by atoms with Crippen molar-refractivity contribution in [3.05, 3.63) is 29.8 Å². The van der Waals surface area contributed by atoms with Crippen molar-refractivity contribution in [3.63, 3.8) is 0 Å². The van der Waals surface area contributed by atoms with E-state index < -0.39 is 15.3 Å². The summed E-state index contributed by atoms with van der Waals surface area (Å²) in [7, 11) is -3.56. The molecule has 7 heteroatoms. The lowest BCUT2D eigenvalue weighted by atomic mass is 10.2. The van der Waals surface area contributed by atoms with Crippen LogP contribution in [0.25, 0.3) is 0 Å². The van der Waals surface area contributed by atoms with Gasteiger partial charge in [-0.3, -0.25) is 4.79 Å². The fourth-order valence-corrected chi connectivity index (χ4v) is 2.25. The molecule has 0 fully saturated rings. The highest BCUT2D eigenvalue weighted by atomic mass is 32.2. The van der Waals surface area contributed by atoms with Crippen LogP contribution < -0.4 is 10.6 Å². The third-order valence-electron chi connectivity index (χ3n) is 2.72. The molecule has 112 valence electrons. The lowest BCUT2D eigenvalue weighted by molar-refractivity contribution is 0.0956. The van der Waals surface area contributed by atoms with Crippen LogP contribution in [0.15, 0.2) is 24.3 Å². The van der Waals surface area contributed by atoms with Crippen LogP contribution in [0.1, 0.15) is 24.2 Å². The molecule has 0 saturated heterocycles. The normalized spacial score (nSPS) is 12.8. The number of hydrogen-bond acceptors (Lipinski definition) is 5. The third-order valence-corrected chi connectivity index (χ3v) is 4.53. The summed E-state index contributed by atoms with van der Waals surface area (Å²) in [5.74, 6) is -0.625. The van der Waals surface area contributed by atoms with Gasteiger partial charge in [0.2, 0.25) is 0 Å². The molecule has 1 aromatic carbocycles. The molecule has 0 aliphatic heterocycles. The highest BCUT2D eigenvalue weighted by Crippen LogP contribution is 2.09. The first-order chi connectivity index (χ1) is 9.36. The molecule has 0 aromatic heterocycles. The largest absolute Gasteiger partial charge is 0.385 e. The summed E-state index contributed by atoms with van der Waals surface area (Å²) in [6.07, 6.45) is 0. The van der Waals surface area contributed by atoms with E-state index in [0.29, 0.717) is 5.56 Å². The molecule has 0 spiro atoms. The Hall–Kier alpha value is -1.60. The first kappa shape index (κ1) is 16.5. The standard InChI is InChI=1S/C13H20N2O4S/c1-3-14-12-6-4-11(5-7-12)13(17)15-8-9-20(18,19)10(2)16/h4-7,10,14,16H,3,8-9H2,1-2H3,(H,15,17). The van der Waals surface area contributed by atoms with Crippen molar-refractivity contribution in [2.75, 3.05) is 24.2 Å². The van der Waals surface area contributed by atoms with E-state index in [1.807, 2.05) is 6.92 Å². The minimum Gasteiger partial charge on any atom is -0.385 e. The lowest BCUT2D eigenvalue weighted by Crippen LogP contribution is -2.32. The number of carbonyl (C=O) groups is 1. The first-order valence-electron chi connectivity index (χ1n) is 6.38. The molecule has 0 aliphatic rings. The van der Waals surface area contributed by atoms with Crippen LogP contribution in [-0.4, -0.2) is 43.7 Å². The average molecular weight is 300 g/mol. The monoisotopic (exact) mass is 300 g/mol. The predicted molar refractivity (Wildman–Crippen MR) is 78.4 cm³/mol. The van der Waals surface area contributed by atoms with Crippen molar-refractivity contribution in [3.8, 4) is 0 Å². The SMILES string of the molecule is CCNc1ccc(C(=O)NCCS(=O)(=O)C(C)O)cc1. The summed E-state index contributed by atoms with van der Waals surface area (Å²) in [6.45, 7) is 3.93. The number of rotatable bonds is 7. The van der Waals surface area contributed by atoms with Crippen LogP contribution in [-0.2, 0) is 9.84 Å². The fraction of sp³-hybridized carbons (Fsp3) is 0.462. The number of benzene rings is 1. The maximum Gasteiger partial charge on any atom is 0.251 e. The van der Waals surface area contributed by atoms with Crippen molar-refractivity contribution < 1.29 is 18.3 Å². The molecule has 1 amide bonds. The average Bonchev–Trinajstić information content (AvgIpc) is 2.39. The molecule has 6 nitrogen and oxygen atoms in total. The van der Waals surface area contributed by atoms with E-state index in [1.165, 1.54) is 6.92 Å². The van der Waals surface area contributed by atoms with Crippen LogP contribution in [0.5, 0.6) is 0 Å². The topological polar surface area (TPSA) is 95.5 Å². The van der Waals surface area contributed by atoms with Crippen molar-refractivity contribution in [2.45, 2.75) is 19.3 Å². The summed E-state index contributed by atoms with van der Waals surface area (Å²) in [5.41, 5.74) is -0.0411. The molecule has 1 rings (SSSR count). The van der Waals surface area contributed by atoms with Gasteiger partial charge in [0, 0.05) is 24.3 Å². The molecule has 1 unspecified atom stereocenters. The second-order valence-electron chi connectivity index (χ2n) is 4.33. The van der Waals surface area contributed by atoms with Gasteiger partial charge in [-0.25, -0.2) is 8.42 Å². The maximum absolute atomic E-state index is 11.8. The van der Waals surface area contributed by atoms with E-state index in [4.69, 9.17) is 5.11 Å². The number of carbonyl (C=O) groups excluding carboxylic acids is 1. The number of hydrogen-bond donors (Lipinski definition) is 3. The molecule has 0 bridgehead atoms. The Bertz CT molecular complexity index is 538. The summed E-state index contributed by atoms with van der Waals surface area (Å²) >= 11 is 0. The van der Waals surface area contributed by atoms with E-state index in [9.17, 15) is 13.2 Å². The fourth-order valence-electron chi connectivity index (χ4n) is 1.52. The van der Waals surface area contributed by atoms with Crippen LogP contribution in [0.2, 0.25) is 0 Å². The molecule has 1 aromatic rings. The lowest BCUT2D eigenvalue weighted by Gasteiger charge is -2.09.